The zero-order chi connectivity index (χ0) is 13.0. The molecule has 0 aromatic carbocycles. The number of aliphatic hydroxyl groups is 1. The maximum absolute atomic E-state index is 11.5. The van der Waals surface area contributed by atoms with Crippen LogP contribution in [0.25, 0.3) is 0 Å². The standard InChI is InChI=1S/C11H16N2O3S/c1-6(2)8(15)4-10(16)13-11-12-5-9(17-11)7(3)14/h5-6,8,15H,4H2,1-3H3,(H,12,13,16). The number of ketones is 1. The van der Waals surface area contributed by atoms with Gasteiger partial charge in [0.1, 0.15) is 0 Å². The highest BCUT2D eigenvalue weighted by Crippen LogP contribution is 2.19. The molecule has 2 N–H and O–H groups in total. The van der Waals surface area contributed by atoms with Crippen molar-refractivity contribution in [2.24, 2.45) is 5.92 Å². The number of Topliss-reactive ketones (excluding diaryl/α,β-unsaturated/α-hetero) is 1. The van der Waals surface area contributed by atoms with Crippen molar-refractivity contribution < 1.29 is 14.7 Å². The molecule has 0 bridgehead atoms. The van der Waals surface area contributed by atoms with Crippen LogP contribution in [-0.2, 0) is 4.79 Å². The third kappa shape index (κ3) is 4.24. The Morgan fingerprint density at radius 3 is 2.65 bits per heavy atom. The Hall–Kier alpha value is -1.27. The number of carbonyl (C=O) groups is 2. The third-order valence-corrected chi connectivity index (χ3v) is 3.28. The van der Waals surface area contributed by atoms with Gasteiger partial charge in [0.15, 0.2) is 10.9 Å². The molecule has 0 radical (unpaired) electrons. The summed E-state index contributed by atoms with van der Waals surface area (Å²) in [5, 5.41) is 12.5. The van der Waals surface area contributed by atoms with Crippen molar-refractivity contribution in [3.05, 3.63) is 11.1 Å². The van der Waals surface area contributed by atoms with Gasteiger partial charge in [-0.3, -0.25) is 9.59 Å². The average molecular weight is 256 g/mol. The second-order valence-corrected chi connectivity index (χ2v) is 5.18. The lowest BCUT2D eigenvalue weighted by molar-refractivity contribution is -0.118. The minimum absolute atomic E-state index is 0.0322. The van der Waals surface area contributed by atoms with Gasteiger partial charge in [0.05, 0.1) is 23.6 Å². The summed E-state index contributed by atoms with van der Waals surface area (Å²) < 4.78 is 0. The summed E-state index contributed by atoms with van der Waals surface area (Å²) in [7, 11) is 0. The molecular weight excluding hydrogens is 240 g/mol. The summed E-state index contributed by atoms with van der Waals surface area (Å²) in [4.78, 5) is 27.0. The number of amides is 1. The van der Waals surface area contributed by atoms with Crippen molar-refractivity contribution in [3.8, 4) is 0 Å². The molecule has 5 nitrogen and oxygen atoms in total. The summed E-state index contributed by atoms with van der Waals surface area (Å²) in [6.07, 6.45) is 0.802. The lowest BCUT2D eigenvalue weighted by Crippen LogP contribution is -2.23. The zero-order valence-electron chi connectivity index (χ0n) is 10.1. The molecule has 0 aliphatic carbocycles. The molecule has 1 atom stereocenters. The molecule has 1 aromatic rings. The van der Waals surface area contributed by atoms with Gasteiger partial charge in [-0.15, -0.1) is 0 Å². The number of nitrogens with one attached hydrogen (secondary N) is 1. The van der Waals surface area contributed by atoms with Crippen molar-refractivity contribution in [2.45, 2.75) is 33.3 Å². The zero-order valence-corrected chi connectivity index (χ0v) is 10.9. The maximum atomic E-state index is 11.5. The molecule has 0 aliphatic heterocycles. The number of nitrogens with zero attached hydrogens (tertiary/aromatic N) is 1. The molecule has 0 saturated carbocycles. The van der Waals surface area contributed by atoms with E-state index in [1.54, 1.807) is 0 Å². The predicted molar refractivity (Wildman–Crippen MR) is 66.2 cm³/mol. The first-order valence-electron chi connectivity index (χ1n) is 5.35. The van der Waals surface area contributed by atoms with Gasteiger partial charge in [0.25, 0.3) is 0 Å². The lowest BCUT2D eigenvalue weighted by atomic mass is 10.0. The molecule has 0 fully saturated rings. The second kappa shape index (κ2) is 5.88. The van der Waals surface area contributed by atoms with Crippen LogP contribution >= 0.6 is 11.3 Å². The number of aliphatic hydroxyl groups excluding tert-OH is 1. The predicted octanol–water partition coefficient (Wildman–Crippen LogP) is 1.69. The molecule has 0 saturated heterocycles. The Labute approximate surface area is 104 Å². The van der Waals surface area contributed by atoms with Crippen molar-refractivity contribution in [2.75, 3.05) is 5.32 Å². The van der Waals surface area contributed by atoms with Crippen LogP contribution in [0.15, 0.2) is 6.20 Å². The molecule has 0 spiro atoms. The van der Waals surface area contributed by atoms with Crippen LogP contribution in [0.3, 0.4) is 0 Å². The van der Waals surface area contributed by atoms with Crippen LogP contribution in [0.4, 0.5) is 5.13 Å². The van der Waals surface area contributed by atoms with E-state index < -0.39 is 6.10 Å². The Balaban J connectivity index is 2.53. The van der Waals surface area contributed by atoms with Gasteiger partial charge in [0.2, 0.25) is 5.91 Å². The minimum Gasteiger partial charge on any atom is -0.392 e. The van der Waals surface area contributed by atoms with E-state index in [0.29, 0.717) is 10.0 Å². The first kappa shape index (κ1) is 13.8. The van der Waals surface area contributed by atoms with Crippen LogP contribution in [0.5, 0.6) is 0 Å². The molecule has 1 heterocycles. The summed E-state index contributed by atoms with van der Waals surface area (Å²) in [6, 6.07) is 0. The van der Waals surface area contributed by atoms with E-state index in [0.717, 1.165) is 11.3 Å². The highest BCUT2D eigenvalue weighted by atomic mass is 32.1. The van der Waals surface area contributed by atoms with Crippen molar-refractivity contribution in [1.29, 1.82) is 0 Å². The summed E-state index contributed by atoms with van der Waals surface area (Å²) in [5.41, 5.74) is 0. The van der Waals surface area contributed by atoms with Gasteiger partial charge in [-0.2, -0.15) is 0 Å². The first-order chi connectivity index (χ1) is 7.90. The second-order valence-electron chi connectivity index (χ2n) is 4.15. The van der Waals surface area contributed by atoms with E-state index in [1.807, 2.05) is 13.8 Å². The monoisotopic (exact) mass is 256 g/mol. The van der Waals surface area contributed by atoms with Gasteiger partial charge in [-0.25, -0.2) is 4.98 Å². The van der Waals surface area contributed by atoms with Crippen molar-refractivity contribution in [3.63, 3.8) is 0 Å². The Kier molecular flexibility index (Phi) is 4.77. The fourth-order valence-electron chi connectivity index (χ4n) is 1.09. The summed E-state index contributed by atoms with van der Waals surface area (Å²) >= 11 is 1.13. The number of anilines is 1. The molecule has 6 heteroatoms. The number of hydrogen-bond donors (Lipinski definition) is 2. The van der Waals surface area contributed by atoms with Crippen LogP contribution in [0, 0.1) is 5.92 Å². The van der Waals surface area contributed by atoms with E-state index in [9.17, 15) is 14.7 Å². The van der Waals surface area contributed by atoms with Crippen LogP contribution in [0.1, 0.15) is 36.9 Å². The molecule has 1 aromatic heterocycles. The van der Waals surface area contributed by atoms with Crippen molar-refractivity contribution >= 4 is 28.2 Å². The van der Waals surface area contributed by atoms with E-state index >= 15 is 0 Å². The molecule has 0 aliphatic rings. The van der Waals surface area contributed by atoms with Crippen LogP contribution < -0.4 is 5.32 Å². The molecular formula is C11H16N2O3S. The fraction of sp³-hybridized carbons (Fsp3) is 0.545. The Bertz CT molecular complexity index is 415. The number of hydrogen-bond acceptors (Lipinski definition) is 5. The average Bonchev–Trinajstić information content (AvgIpc) is 2.65. The Morgan fingerprint density at radius 2 is 2.18 bits per heavy atom. The van der Waals surface area contributed by atoms with E-state index in [1.165, 1.54) is 13.1 Å². The van der Waals surface area contributed by atoms with E-state index in [-0.39, 0.29) is 24.0 Å². The van der Waals surface area contributed by atoms with E-state index in [2.05, 4.69) is 10.3 Å². The lowest BCUT2D eigenvalue weighted by Gasteiger charge is -2.12. The highest BCUT2D eigenvalue weighted by molar-refractivity contribution is 7.17. The van der Waals surface area contributed by atoms with Gasteiger partial charge in [-0.1, -0.05) is 25.2 Å². The SMILES string of the molecule is CC(=O)c1cnc(NC(=O)CC(O)C(C)C)s1. The smallest absolute Gasteiger partial charge is 0.228 e. The molecule has 1 rings (SSSR count). The summed E-state index contributed by atoms with van der Waals surface area (Å²) in [5.74, 6) is -0.342. The van der Waals surface area contributed by atoms with Gasteiger partial charge < -0.3 is 10.4 Å². The number of rotatable bonds is 5. The number of carbonyl (C=O) groups excluding carboxylic acids is 2. The fourth-order valence-corrected chi connectivity index (χ4v) is 1.82. The summed E-state index contributed by atoms with van der Waals surface area (Å²) in [6.45, 7) is 5.13. The number of aromatic nitrogens is 1. The molecule has 1 amide bonds. The minimum atomic E-state index is -0.665. The van der Waals surface area contributed by atoms with Gasteiger partial charge in [0, 0.05) is 6.92 Å². The first-order valence-corrected chi connectivity index (χ1v) is 6.16. The largest absolute Gasteiger partial charge is 0.392 e. The number of thiazole rings is 1. The van der Waals surface area contributed by atoms with Crippen LogP contribution in [-0.4, -0.2) is 27.9 Å². The highest BCUT2D eigenvalue weighted by Gasteiger charge is 2.15. The quantitative estimate of drug-likeness (QED) is 0.786. The maximum Gasteiger partial charge on any atom is 0.228 e. The Morgan fingerprint density at radius 1 is 1.53 bits per heavy atom. The molecule has 94 valence electrons. The molecule has 1 unspecified atom stereocenters. The molecule has 17 heavy (non-hydrogen) atoms. The van der Waals surface area contributed by atoms with Crippen molar-refractivity contribution in [1.82, 2.24) is 4.98 Å². The topological polar surface area (TPSA) is 79.3 Å². The van der Waals surface area contributed by atoms with Gasteiger partial charge in [-0.05, 0) is 5.92 Å². The van der Waals surface area contributed by atoms with Crippen LogP contribution in [0.2, 0.25) is 0 Å². The normalized spacial score (nSPS) is 12.5. The third-order valence-electron chi connectivity index (χ3n) is 2.26. The van der Waals surface area contributed by atoms with E-state index in [4.69, 9.17) is 0 Å². The van der Waals surface area contributed by atoms with Gasteiger partial charge >= 0.3 is 0 Å².